The van der Waals surface area contributed by atoms with Crippen LogP contribution in [-0.2, 0) is 11.3 Å². The number of carbonyl (C=O) groups excluding carboxylic acids is 1. The molecule has 0 aliphatic carbocycles. The predicted octanol–water partition coefficient (Wildman–Crippen LogP) is 2.44. The Hall–Kier alpha value is -2.70. The second-order valence-electron chi connectivity index (χ2n) is 4.78. The largest absolute Gasteiger partial charge is 0.326 e. The Morgan fingerprint density at radius 3 is 2.62 bits per heavy atom. The normalized spacial score (nSPS) is 10.4. The number of nitro groups is 1. The van der Waals surface area contributed by atoms with E-state index in [-0.39, 0.29) is 18.0 Å². The molecular weight excluding hydrogens is 272 g/mol. The third-order valence-electron chi connectivity index (χ3n) is 3.14. The van der Waals surface area contributed by atoms with Gasteiger partial charge in [-0.15, -0.1) is 0 Å². The number of nitrogens with zero attached hydrogens (tertiary/aromatic N) is 3. The van der Waals surface area contributed by atoms with Gasteiger partial charge in [0.25, 0.3) is 0 Å². The minimum absolute atomic E-state index is 0.0786. The summed E-state index contributed by atoms with van der Waals surface area (Å²) in [6.45, 7) is 4.16. The average Bonchev–Trinajstić information content (AvgIpc) is 2.90. The fraction of sp³-hybridized carbons (Fsp3) is 0.286. The van der Waals surface area contributed by atoms with E-state index in [0.717, 1.165) is 16.8 Å². The van der Waals surface area contributed by atoms with E-state index in [1.165, 1.54) is 17.1 Å². The summed E-state index contributed by atoms with van der Waals surface area (Å²) in [5.41, 5.74) is 2.73. The molecule has 0 saturated carbocycles. The van der Waals surface area contributed by atoms with Crippen molar-refractivity contribution < 1.29 is 9.72 Å². The Kier molecular flexibility index (Phi) is 4.32. The van der Waals surface area contributed by atoms with Crippen molar-refractivity contribution in [3.63, 3.8) is 0 Å². The fourth-order valence-corrected chi connectivity index (χ4v) is 2.00. The van der Waals surface area contributed by atoms with Crippen molar-refractivity contribution in [1.82, 2.24) is 9.78 Å². The van der Waals surface area contributed by atoms with Gasteiger partial charge in [0.1, 0.15) is 12.4 Å². The van der Waals surface area contributed by atoms with Gasteiger partial charge in [0.05, 0.1) is 4.92 Å². The van der Waals surface area contributed by atoms with Gasteiger partial charge in [-0.05, 0) is 25.0 Å². The minimum atomic E-state index is -0.514. The number of para-hydroxylation sites is 1. The van der Waals surface area contributed by atoms with Crippen LogP contribution < -0.4 is 5.32 Å². The van der Waals surface area contributed by atoms with Crippen LogP contribution in [0.25, 0.3) is 0 Å². The molecule has 2 aromatic rings. The smallest absolute Gasteiger partial charge is 0.306 e. The van der Waals surface area contributed by atoms with Crippen molar-refractivity contribution in [3.8, 4) is 0 Å². The summed E-state index contributed by atoms with van der Waals surface area (Å²) >= 11 is 0. The summed E-state index contributed by atoms with van der Waals surface area (Å²) in [4.78, 5) is 22.0. The number of hydrogen-bond acceptors (Lipinski definition) is 4. The Bertz CT molecular complexity index is 658. The number of aryl methyl sites for hydroxylation is 3. The first-order valence-corrected chi connectivity index (χ1v) is 6.50. The molecule has 0 spiro atoms. The minimum Gasteiger partial charge on any atom is -0.326 e. The van der Waals surface area contributed by atoms with Crippen molar-refractivity contribution in [3.05, 3.63) is 51.8 Å². The lowest BCUT2D eigenvalue weighted by molar-refractivity contribution is -0.385. The maximum Gasteiger partial charge on any atom is 0.306 e. The Morgan fingerprint density at radius 1 is 1.38 bits per heavy atom. The molecule has 1 aromatic heterocycles. The molecule has 0 aliphatic rings. The second-order valence-corrected chi connectivity index (χ2v) is 4.78. The number of carbonyl (C=O) groups is 1. The Balaban J connectivity index is 1.94. The standard InChI is InChI=1S/C14H16N4O3/c1-10-4-3-5-11(2)14(10)16-13(19)6-7-17-9-12(8-15-17)18(20)21/h3-5,8-9H,6-7H2,1-2H3,(H,16,19). The lowest BCUT2D eigenvalue weighted by Gasteiger charge is -2.11. The van der Waals surface area contributed by atoms with E-state index in [4.69, 9.17) is 0 Å². The Labute approximate surface area is 121 Å². The number of rotatable bonds is 5. The molecule has 0 bridgehead atoms. The van der Waals surface area contributed by atoms with Crippen LogP contribution >= 0.6 is 0 Å². The van der Waals surface area contributed by atoms with Gasteiger partial charge in [0.2, 0.25) is 5.91 Å². The summed E-state index contributed by atoms with van der Waals surface area (Å²) in [6, 6.07) is 5.79. The summed E-state index contributed by atoms with van der Waals surface area (Å²) in [5.74, 6) is -0.148. The monoisotopic (exact) mass is 288 g/mol. The Morgan fingerprint density at radius 2 is 2.05 bits per heavy atom. The molecule has 0 saturated heterocycles. The molecule has 0 fully saturated rings. The number of aromatic nitrogens is 2. The maximum atomic E-state index is 11.9. The second kappa shape index (κ2) is 6.17. The fourth-order valence-electron chi connectivity index (χ4n) is 2.00. The molecule has 1 heterocycles. The van der Waals surface area contributed by atoms with Crippen LogP contribution in [0.3, 0.4) is 0 Å². The lowest BCUT2D eigenvalue weighted by atomic mass is 10.1. The predicted molar refractivity (Wildman–Crippen MR) is 78.0 cm³/mol. The van der Waals surface area contributed by atoms with Gasteiger partial charge in [0, 0.05) is 18.7 Å². The molecule has 7 heteroatoms. The van der Waals surface area contributed by atoms with Crippen LogP contribution in [0.1, 0.15) is 17.5 Å². The topological polar surface area (TPSA) is 90.1 Å². The number of hydrogen-bond donors (Lipinski definition) is 1. The SMILES string of the molecule is Cc1cccc(C)c1NC(=O)CCn1cc([N+](=O)[O-])cn1. The van der Waals surface area contributed by atoms with E-state index in [0.29, 0.717) is 6.54 Å². The van der Waals surface area contributed by atoms with Crippen LogP contribution in [0, 0.1) is 24.0 Å². The molecule has 110 valence electrons. The van der Waals surface area contributed by atoms with Gasteiger partial charge in [0.15, 0.2) is 0 Å². The quantitative estimate of drug-likeness (QED) is 0.675. The van der Waals surface area contributed by atoms with Gasteiger partial charge < -0.3 is 5.32 Å². The molecule has 0 atom stereocenters. The van der Waals surface area contributed by atoms with Crippen molar-refractivity contribution in [1.29, 1.82) is 0 Å². The van der Waals surface area contributed by atoms with Gasteiger partial charge in [-0.3, -0.25) is 19.6 Å². The van der Waals surface area contributed by atoms with E-state index in [2.05, 4.69) is 10.4 Å². The highest BCUT2D eigenvalue weighted by atomic mass is 16.6. The van der Waals surface area contributed by atoms with Crippen LogP contribution in [0.2, 0.25) is 0 Å². The van der Waals surface area contributed by atoms with E-state index in [1.807, 2.05) is 32.0 Å². The van der Waals surface area contributed by atoms with E-state index < -0.39 is 4.92 Å². The highest BCUT2D eigenvalue weighted by Crippen LogP contribution is 2.19. The molecule has 0 aliphatic heterocycles. The van der Waals surface area contributed by atoms with Crippen LogP contribution in [-0.4, -0.2) is 20.6 Å². The molecule has 0 radical (unpaired) electrons. The zero-order valence-electron chi connectivity index (χ0n) is 11.9. The molecule has 1 amide bonds. The number of benzene rings is 1. The summed E-state index contributed by atoms with van der Waals surface area (Å²) in [7, 11) is 0. The average molecular weight is 288 g/mol. The first-order chi connectivity index (χ1) is 9.97. The van der Waals surface area contributed by atoms with Crippen LogP contribution in [0.4, 0.5) is 11.4 Å². The van der Waals surface area contributed by atoms with Gasteiger partial charge in [-0.1, -0.05) is 18.2 Å². The van der Waals surface area contributed by atoms with E-state index in [1.54, 1.807) is 0 Å². The molecule has 2 rings (SSSR count). The van der Waals surface area contributed by atoms with Gasteiger partial charge in [-0.2, -0.15) is 5.10 Å². The zero-order valence-corrected chi connectivity index (χ0v) is 11.9. The van der Waals surface area contributed by atoms with Crippen molar-refractivity contribution in [2.45, 2.75) is 26.8 Å². The van der Waals surface area contributed by atoms with E-state index in [9.17, 15) is 14.9 Å². The number of amides is 1. The van der Waals surface area contributed by atoms with E-state index >= 15 is 0 Å². The maximum absolute atomic E-state index is 11.9. The summed E-state index contributed by atoms with van der Waals surface area (Å²) in [5, 5.41) is 17.3. The lowest BCUT2D eigenvalue weighted by Crippen LogP contribution is -2.16. The molecular formula is C14H16N4O3. The highest BCUT2D eigenvalue weighted by Gasteiger charge is 2.11. The number of nitrogens with one attached hydrogen (secondary N) is 1. The molecule has 0 unspecified atom stereocenters. The van der Waals surface area contributed by atoms with Crippen LogP contribution in [0.15, 0.2) is 30.6 Å². The summed E-state index contributed by atoms with van der Waals surface area (Å²) < 4.78 is 1.39. The van der Waals surface area contributed by atoms with Crippen molar-refractivity contribution >= 4 is 17.3 Å². The van der Waals surface area contributed by atoms with Crippen molar-refractivity contribution in [2.24, 2.45) is 0 Å². The van der Waals surface area contributed by atoms with Crippen molar-refractivity contribution in [2.75, 3.05) is 5.32 Å². The number of anilines is 1. The first-order valence-electron chi connectivity index (χ1n) is 6.50. The third kappa shape index (κ3) is 3.65. The zero-order chi connectivity index (χ0) is 15.4. The molecule has 1 aromatic carbocycles. The molecule has 7 nitrogen and oxygen atoms in total. The van der Waals surface area contributed by atoms with Crippen LogP contribution in [0.5, 0.6) is 0 Å². The molecule has 21 heavy (non-hydrogen) atoms. The third-order valence-corrected chi connectivity index (χ3v) is 3.14. The van der Waals surface area contributed by atoms with Gasteiger partial charge >= 0.3 is 5.69 Å². The van der Waals surface area contributed by atoms with Gasteiger partial charge in [-0.25, -0.2) is 0 Å². The summed E-state index contributed by atoms with van der Waals surface area (Å²) in [6.07, 6.45) is 2.68. The molecule has 1 N–H and O–H groups in total. The first kappa shape index (κ1) is 14.7. The highest BCUT2D eigenvalue weighted by molar-refractivity contribution is 5.92.